The van der Waals surface area contributed by atoms with Gasteiger partial charge in [0.2, 0.25) is 0 Å². The third kappa shape index (κ3) is 4.79. The van der Waals surface area contributed by atoms with Crippen LogP contribution in [0.25, 0.3) is 0 Å². The zero-order valence-electron chi connectivity index (χ0n) is 15.8. The molecule has 5 nitrogen and oxygen atoms in total. The molecule has 0 saturated heterocycles. The molecule has 0 aromatic heterocycles. The van der Waals surface area contributed by atoms with Crippen LogP contribution in [0.15, 0.2) is 80.3 Å². The van der Waals surface area contributed by atoms with Crippen LogP contribution >= 0.6 is 0 Å². The second-order valence-electron chi connectivity index (χ2n) is 6.00. The molecule has 0 aliphatic rings. The average molecular weight is 511 g/mol. The fraction of sp³-hybridized carbons (Fsp3) is 0.143. The predicted molar refractivity (Wildman–Crippen MR) is 112 cm³/mol. The summed E-state index contributed by atoms with van der Waals surface area (Å²) in [5, 5.41) is 0. The molecule has 0 amide bonds. The predicted octanol–water partition coefficient (Wildman–Crippen LogP) is 2.78. The van der Waals surface area contributed by atoms with E-state index in [-0.39, 0.29) is 4.90 Å². The molecule has 3 aromatic rings. The molecule has 0 radical (unpaired) electrons. The number of hydrogen-bond donors (Lipinski definition) is 0. The van der Waals surface area contributed by atoms with Crippen LogP contribution in [0.4, 0.5) is 0 Å². The molecule has 0 saturated carbocycles. The first-order valence-electron chi connectivity index (χ1n) is 8.50. The minimum absolute atomic E-state index is 0.214. The van der Waals surface area contributed by atoms with E-state index in [0.29, 0.717) is 0 Å². The first kappa shape index (κ1) is 20.5. The van der Waals surface area contributed by atoms with E-state index in [1.807, 2.05) is 55.5 Å². The Kier molecular flexibility index (Phi) is 6.50. The van der Waals surface area contributed by atoms with Crippen molar-refractivity contribution in [3.05, 3.63) is 78.4 Å². The maximum atomic E-state index is 13.0. The summed E-state index contributed by atoms with van der Waals surface area (Å²) in [6.45, 7) is 1.92. The zero-order chi connectivity index (χ0) is 20.1. The van der Waals surface area contributed by atoms with Gasteiger partial charge >= 0.3 is 173 Å². The van der Waals surface area contributed by atoms with E-state index in [1.54, 1.807) is 38.5 Å². The Hall–Kier alpha value is -2.20. The summed E-state index contributed by atoms with van der Waals surface area (Å²) in [5.74, 6) is 1.44. The Morgan fingerprint density at radius 1 is 0.714 bits per heavy atom. The first-order valence-corrected chi connectivity index (χ1v) is 13.3. The molecule has 146 valence electrons. The third-order valence-electron chi connectivity index (χ3n) is 4.06. The maximum absolute atomic E-state index is 13.0. The number of sulfonamides is 1. The molecule has 0 aliphatic heterocycles. The number of rotatable bonds is 6. The Labute approximate surface area is 172 Å². The van der Waals surface area contributed by atoms with E-state index < -0.39 is 29.4 Å². The van der Waals surface area contributed by atoms with E-state index in [4.69, 9.17) is 9.47 Å². The fourth-order valence-corrected chi connectivity index (χ4v) is 10.3. The minimum atomic E-state index is -3.77. The van der Waals surface area contributed by atoms with Crippen molar-refractivity contribution in [3.8, 4) is 11.5 Å². The van der Waals surface area contributed by atoms with Crippen molar-refractivity contribution in [2.45, 2.75) is 11.8 Å². The van der Waals surface area contributed by atoms with E-state index in [2.05, 4.69) is 2.59 Å². The van der Waals surface area contributed by atoms with Gasteiger partial charge in [0, 0.05) is 0 Å². The van der Waals surface area contributed by atoms with Crippen LogP contribution in [0.5, 0.6) is 11.5 Å². The molecular weight excluding hydrogens is 490 g/mol. The molecule has 0 aliphatic carbocycles. The van der Waals surface area contributed by atoms with Crippen molar-refractivity contribution in [2.75, 3.05) is 14.2 Å². The van der Waals surface area contributed by atoms with Crippen molar-refractivity contribution in [1.82, 2.24) is 0 Å². The molecule has 0 fully saturated rings. The number of aryl methyl sites for hydroxylation is 1. The van der Waals surface area contributed by atoms with Crippen LogP contribution < -0.4 is 16.7 Å². The average Bonchev–Trinajstić information content (AvgIpc) is 2.72. The van der Waals surface area contributed by atoms with Gasteiger partial charge in [-0.05, 0) is 0 Å². The first-order chi connectivity index (χ1) is 13.4. The molecule has 0 unspecified atom stereocenters. The second kappa shape index (κ2) is 8.87. The SMILES string of the molecule is COc1ccc([Te](=NS(=O)(=O)c2ccc(C)cc2)c2ccc(OC)cc2)cc1. The molecule has 3 aromatic carbocycles. The van der Waals surface area contributed by atoms with Crippen LogP contribution in [0.2, 0.25) is 0 Å². The summed E-state index contributed by atoms with van der Waals surface area (Å²) in [6, 6.07) is 21.7. The number of nitrogens with zero attached hydrogens (tertiary/aromatic N) is 1. The van der Waals surface area contributed by atoms with Crippen LogP contribution in [0.3, 0.4) is 0 Å². The molecule has 0 spiro atoms. The fourth-order valence-electron chi connectivity index (χ4n) is 2.48. The number of methoxy groups -OCH3 is 2. The summed E-state index contributed by atoms with van der Waals surface area (Å²) in [7, 11) is -0.567. The molecule has 0 heterocycles. The standard InChI is InChI=1S/C21H21NO4STe/c1-16-4-10-19(11-5-16)27(23,24)22-28(20-12-6-17(25-2)7-13-20)21-14-8-18(26-3)9-15-21/h4-15H,1-3H3. The monoisotopic (exact) mass is 513 g/mol. The summed E-state index contributed by atoms with van der Waals surface area (Å²) >= 11 is -2.78. The van der Waals surface area contributed by atoms with Gasteiger partial charge in [0.25, 0.3) is 0 Å². The summed E-state index contributed by atoms with van der Waals surface area (Å²) in [4.78, 5) is 0.214. The molecule has 3 rings (SSSR count). The van der Waals surface area contributed by atoms with Crippen LogP contribution in [0, 0.1) is 6.92 Å². The molecule has 28 heavy (non-hydrogen) atoms. The van der Waals surface area contributed by atoms with E-state index in [0.717, 1.165) is 24.3 Å². The van der Waals surface area contributed by atoms with E-state index in [9.17, 15) is 8.42 Å². The topological polar surface area (TPSA) is 65.0 Å². The molecule has 0 N–H and O–H groups in total. The van der Waals surface area contributed by atoms with Gasteiger partial charge in [0.15, 0.2) is 0 Å². The Balaban J connectivity index is 2.13. The van der Waals surface area contributed by atoms with Crippen LogP contribution in [-0.4, -0.2) is 42.0 Å². The van der Waals surface area contributed by atoms with Crippen molar-refractivity contribution >= 4 is 36.6 Å². The van der Waals surface area contributed by atoms with Gasteiger partial charge in [-0.3, -0.25) is 0 Å². The normalized spacial score (nSPS) is 11.3. The summed E-state index contributed by atoms with van der Waals surface area (Å²) in [5.41, 5.74) is 1.00. The Bertz CT molecular complexity index is 1030. The van der Waals surface area contributed by atoms with Crippen LogP contribution in [-0.2, 0) is 10.0 Å². The Morgan fingerprint density at radius 3 is 1.54 bits per heavy atom. The van der Waals surface area contributed by atoms with Crippen molar-refractivity contribution < 1.29 is 17.9 Å². The van der Waals surface area contributed by atoms with Crippen LogP contribution in [0.1, 0.15) is 5.56 Å². The van der Waals surface area contributed by atoms with E-state index in [1.165, 1.54) is 0 Å². The van der Waals surface area contributed by atoms with Gasteiger partial charge in [-0.15, -0.1) is 0 Å². The summed E-state index contributed by atoms with van der Waals surface area (Å²) < 4.78 is 42.6. The van der Waals surface area contributed by atoms with Crippen molar-refractivity contribution in [1.29, 1.82) is 0 Å². The van der Waals surface area contributed by atoms with Crippen molar-refractivity contribution in [3.63, 3.8) is 0 Å². The van der Waals surface area contributed by atoms with Gasteiger partial charge < -0.3 is 0 Å². The molecule has 7 heteroatoms. The molecule has 0 atom stereocenters. The van der Waals surface area contributed by atoms with Gasteiger partial charge in [-0.2, -0.15) is 0 Å². The van der Waals surface area contributed by atoms with E-state index >= 15 is 0 Å². The molecule has 0 bridgehead atoms. The van der Waals surface area contributed by atoms with Gasteiger partial charge in [-0.1, -0.05) is 0 Å². The third-order valence-corrected chi connectivity index (χ3v) is 12.3. The van der Waals surface area contributed by atoms with Gasteiger partial charge in [0.1, 0.15) is 0 Å². The number of benzene rings is 3. The number of ether oxygens (including phenoxy) is 2. The van der Waals surface area contributed by atoms with Gasteiger partial charge in [-0.25, -0.2) is 0 Å². The molecular formula is C21H21NO4STe. The quantitative estimate of drug-likeness (QED) is 0.478. The second-order valence-corrected chi connectivity index (χ2v) is 13.2. The number of hydrogen-bond acceptors (Lipinski definition) is 4. The summed E-state index contributed by atoms with van der Waals surface area (Å²) in [6.07, 6.45) is 0. The zero-order valence-corrected chi connectivity index (χ0v) is 19.0. The Morgan fingerprint density at radius 2 is 1.14 bits per heavy atom. The van der Waals surface area contributed by atoms with Gasteiger partial charge in [0.05, 0.1) is 0 Å². The van der Waals surface area contributed by atoms with Crippen molar-refractivity contribution in [2.24, 2.45) is 2.59 Å².